The van der Waals surface area contributed by atoms with Crippen LogP contribution in [0.25, 0.3) is 0 Å². The molecule has 1 rings (SSSR count). The smallest absolute Gasteiger partial charge is 1.00 e. The molecule has 0 atom stereocenters. The van der Waals surface area contributed by atoms with Crippen molar-refractivity contribution in [2.75, 3.05) is 0 Å². The Bertz CT molecular complexity index is 583. The molecule has 0 heterocycles. The Morgan fingerprint density at radius 2 is 1.50 bits per heavy atom. The molecular formula is C7H7N2NaO7S. The number of hydrogen-bond acceptors (Lipinski definition) is 6. The molecule has 11 heteroatoms. The zero-order valence-corrected chi connectivity index (χ0v) is 12.2. The van der Waals surface area contributed by atoms with E-state index in [1.807, 2.05) is 0 Å². The Hall–Kier alpha value is -1.07. The molecule has 1 N–H and O–H groups in total. The van der Waals surface area contributed by atoms with E-state index in [1.54, 1.807) is 0 Å². The molecule has 18 heavy (non-hydrogen) atoms. The van der Waals surface area contributed by atoms with E-state index >= 15 is 0 Å². The Balaban J connectivity index is 0. The van der Waals surface area contributed by atoms with E-state index in [4.69, 9.17) is 4.55 Å². The van der Waals surface area contributed by atoms with E-state index in [9.17, 15) is 28.6 Å². The van der Waals surface area contributed by atoms with E-state index in [0.717, 1.165) is 6.92 Å². The summed E-state index contributed by atoms with van der Waals surface area (Å²) in [5, 5.41) is 21.2. The minimum Gasteiger partial charge on any atom is -1.00 e. The van der Waals surface area contributed by atoms with Crippen LogP contribution in [0.15, 0.2) is 17.0 Å². The van der Waals surface area contributed by atoms with Gasteiger partial charge in [-0.15, -0.1) is 0 Å². The summed E-state index contributed by atoms with van der Waals surface area (Å²) >= 11 is 0. The summed E-state index contributed by atoms with van der Waals surface area (Å²) < 4.78 is 30.3. The second kappa shape index (κ2) is 5.71. The largest absolute Gasteiger partial charge is 1.00 e. The van der Waals surface area contributed by atoms with Gasteiger partial charge >= 0.3 is 29.6 Å². The zero-order chi connectivity index (χ0) is 13.4. The normalized spacial score (nSPS) is 10.6. The summed E-state index contributed by atoms with van der Waals surface area (Å²) in [6, 6.07) is 1.13. The standard InChI is InChI=1S/C7H6N2O7S.Na.H/c1-4-6(8(10)11)2-5(17(14,15)16)3-7(4)9(12)13;;/h2-3H,1H3,(H,14,15,16);;/q;+1;-1. The first kappa shape index (κ1) is 16.9. The molecule has 94 valence electrons. The first-order valence-corrected chi connectivity index (χ1v) is 5.49. The minimum absolute atomic E-state index is 0. The second-order valence-electron chi connectivity index (χ2n) is 3.08. The molecular weight excluding hydrogens is 279 g/mol. The van der Waals surface area contributed by atoms with Crippen molar-refractivity contribution in [2.45, 2.75) is 11.8 Å². The SMILES string of the molecule is Cc1c([N+](=O)[O-])cc(S(=O)(=O)O)cc1[N+](=O)[O-].[H-].[Na+]. The molecule has 0 aliphatic carbocycles. The Labute approximate surface area is 125 Å². The van der Waals surface area contributed by atoms with Gasteiger partial charge < -0.3 is 1.43 Å². The summed E-state index contributed by atoms with van der Waals surface area (Å²) in [6.45, 7) is 1.12. The maximum absolute atomic E-state index is 10.8. The van der Waals surface area contributed by atoms with Crippen LogP contribution in [0.4, 0.5) is 11.4 Å². The summed E-state index contributed by atoms with van der Waals surface area (Å²) in [6.07, 6.45) is 0. The summed E-state index contributed by atoms with van der Waals surface area (Å²) in [5.41, 5.74) is -1.77. The van der Waals surface area contributed by atoms with Crippen molar-refractivity contribution >= 4 is 21.5 Å². The van der Waals surface area contributed by atoms with Gasteiger partial charge in [-0.1, -0.05) is 0 Å². The number of benzene rings is 1. The molecule has 0 aliphatic rings. The van der Waals surface area contributed by atoms with Crippen LogP contribution in [0.3, 0.4) is 0 Å². The van der Waals surface area contributed by atoms with Crippen molar-refractivity contribution in [1.82, 2.24) is 0 Å². The van der Waals surface area contributed by atoms with Crippen LogP contribution >= 0.6 is 0 Å². The van der Waals surface area contributed by atoms with Crippen LogP contribution < -0.4 is 29.6 Å². The fourth-order valence-corrected chi connectivity index (χ4v) is 1.71. The number of rotatable bonds is 3. The Morgan fingerprint density at radius 3 is 1.72 bits per heavy atom. The monoisotopic (exact) mass is 286 g/mol. The third-order valence-electron chi connectivity index (χ3n) is 2.02. The van der Waals surface area contributed by atoms with Crippen molar-refractivity contribution in [3.8, 4) is 0 Å². The van der Waals surface area contributed by atoms with Crippen molar-refractivity contribution in [2.24, 2.45) is 0 Å². The molecule has 1 aromatic rings. The number of nitro groups is 2. The van der Waals surface area contributed by atoms with Gasteiger partial charge in [-0.2, -0.15) is 8.42 Å². The average molecular weight is 286 g/mol. The molecule has 9 nitrogen and oxygen atoms in total. The Morgan fingerprint density at radius 1 is 1.17 bits per heavy atom. The van der Waals surface area contributed by atoms with E-state index < -0.39 is 36.2 Å². The minimum atomic E-state index is -4.74. The van der Waals surface area contributed by atoms with Gasteiger partial charge in [0.15, 0.2) is 0 Å². The molecule has 0 spiro atoms. The second-order valence-corrected chi connectivity index (χ2v) is 4.50. The molecule has 0 amide bonds. The van der Waals surface area contributed by atoms with Gasteiger partial charge in [0.25, 0.3) is 21.5 Å². The van der Waals surface area contributed by atoms with Gasteiger partial charge in [0.05, 0.1) is 9.85 Å². The molecule has 0 radical (unpaired) electrons. The quantitative estimate of drug-likeness (QED) is 0.298. The summed E-state index contributed by atoms with van der Waals surface area (Å²) in [4.78, 5) is 18.4. The average Bonchev–Trinajstić information content (AvgIpc) is 2.14. The first-order chi connectivity index (χ1) is 7.64. The molecule has 1 aromatic carbocycles. The van der Waals surface area contributed by atoms with Crippen LogP contribution in [0.2, 0.25) is 0 Å². The van der Waals surface area contributed by atoms with Crippen LogP contribution in [0.5, 0.6) is 0 Å². The van der Waals surface area contributed by atoms with Gasteiger partial charge in [0.1, 0.15) is 10.5 Å². The topological polar surface area (TPSA) is 141 Å². The number of hydrogen-bond donors (Lipinski definition) is 1. The Kier molecular flexibility index (Phi) is 5.37. The fourth-order valence-electron chi connectivity index (χ4n) is 1.19. The maximum Gasteiger partial charge on any atom is 1.00 e. The van der Waals surface area contributed by atoms with Crippen molar-refractivity contribution < 1.29 is 53.8 Å². The van der Waals surface area contributed by atoms with Crippen molar-refractivity contribution in [3.63, 3.8) is 0 Å². The molecule has 0 unspecified atom stereocenters. The van der Waals surface area contributed by atoms with Crippen molar-refractivity contribution in [3.05, 3.63) is 37.9 Å². The van der Waals surface area contributed by atoms with Gasteiger partial charge in [-0.25, -0.2) is 0 Å². The van der Waals surface area contributed by atoms with Crippen LogP contribution in [-0.2, 0) is 10.1 Å². The third kappa shape index (κ3) is 3.46. The van der Waals surface area contributed by atoms with E-state index in [1.165, 1.54) is 0 Å². The van der Waals surface area contributed by atoms with Crippen LogP contribution in [0.1, 0.15) is 6.99 Å². The fraction of sp³-hybridized carbons (Fsp3) is 0.143. The summed E-state index contributed by atoms with van der Waals surface area (Å²) in [7, 11) is -4.74. The van der Waals surface area contributed by atoms with E-state index in [-0.39, 0.29) is 36.5 Å². The van der Waals surface area contributed by atoms with E-state index in [2.05, 4.69) is 0 Å². The molecule has 0 aromatic heterocycles. The maximum atomic E-state index is 10.8. The number of nitrogens with zero attached hydrogens (tertiary/aromatic N) is 2. The zero-order valence-electron chi connectivity index (χ0n) is 10.4. The van der Waals surface area contributed by atoms with Crippen LogP contribution in [-0.4, -0.2) is 22.8 Å². The number of nitro benzene ring substituents is 2. The van der Waals surface area contributed by atoms with Crippen LogP contribution in [0, 0.1) is 27.2 Å². The van der Waals surface area contributed by atoms with E-state index in [0.29, 0.717) is 12.1 Å². The van der Waals surface area contributed by atoms with Crippen molar-refractivity contribution in [1.29, 1.82) is 0 Å². The molecule has 0 bridgehead atoms. The molecule has 0 saturated carbocycles. The van der Waals surface area contributed by atoms with Gasteiger partial charge in [-0.3, -0.25) is 24.8 Å². The predicted molar refractivity (Wildman–Crippen MR) is 55.4 cm³/mol. The molecule has 0 aliphatic heterocycles. The van der Waals surface area contributed by atoms with Gasteiger partial charge in [0, 0.05) is 12.1 Å². The predicted octanol–water partition coefficient (Wildman–Crippen LogP) is -1.83. The van der Waals surface area contributed by atoms with Gasteiger partial charge in [-0.05, 0) is 6.92 Å². The third-order valence-corrected chi connectivity index (χ3v) is 2.85. The summed E-state index contributed by atoms with van der Waals surface area (Å²) in [5.74, 6) is 0. The molecule has 0 fully saturated rings. The molecule has 0 saturated heterocycles. The van der Waals surface area contributed by atoms with Gasteiger partial charge in [0.2, 0.25) is 0 Å². The first-order valence-electron chi connectivity index (χ1n) is 4.05.